The van der Waals surface area contributed by atoms with Gasteiger partial charge in [0.05, 0.1) is 18.0 Å². The largest absolute Gasteiger partial charge is 0.451 e. The van der Waals surface area contributed by atoms with Crippen molar-refractivity contribution >= 4 is 22.7 Å². The highest BCUT2D eigenvalue weighted by Crippen LogP contribution is 2.16. The highest BCUT2D eigenvalue weighted by molar-refractivity contribution is 5.89. The number of nitrogens with one attached hydrogen (secondary N) is 2. The maximum atomic E-state index is 11.7. The first-order valence-corrected chi connectivity index (χ1v) is 5.94. The summed E-state index contributed by atoms with van der Waals surface area (Å²) in [5.74, 6) is 0. The molecule has 0 unspecified atom stereocenters. The average Bonchev–Trinajstić information content (AvgIpc) is 2.75. The van der Waals surface area contributed by atoms with E-state index >= 15 is 0 Å². The summed E-state index contributed by atoms with van der Waals surface area (Å²) >= 11 is 0. The summed E-state index contributed by atoms with van der Waals surface area (Å²) < 4.78 is 5.70. The van der Waals surface area contributed by atoms with E-state index in [1.807, 2.05) is 0 Å². The molecule has 1 heterocycles. The summed E-state index contributed by atoms with van der Waals surface area (Å²) in [6.45, 7) is 1.33. The van der Waals surface area contributed by atoms with Gasteiger partial charge >= 0.3 is 6.09 Å². The quantitative estimate of drug-likeness (QED) is 0.706. The predicted molar refractivity (Wildman–Crippen MR) is 72.5 cm³/mol. The van der Waals surface area contributed by atoms with Crippen molar-refractivity contribution in [2.45, 2.75) is 6.42 Å². The molecule has 0 amide bonds. The lowest BCUT2D eigenvalue weighted by molar-refractivity contribution is 0.170. The fourth-order valence-corrected chi connectivity index (χ4v) is 1.81. The number of methoxy groups -OCH3 is 1. The van der Waals surface area contributed by atoms with Crippen molar-refractivity contribution in [1.29, 1.82) is 0 Å². The number of carbonyl (C=O) groups is 1. The Labute approximate surface area is 109 Å². The lowest BCUT2D eigenvalue weighted by Crippen LogP contribution is -2.15. The van der Waals surface area contributed by atoms with Crippen LogP contribution in [0.1, 0.15) is 6.42 Å². The molecule has 1 aromatic carbocycles. The number of hydrogen-bond acceptors (Lipinski definition) is 5. The SMILES string of the molecule is COC(=O)n1[nH]c(=O)c2ccc(NCCCN)cc21. The molecule has 4 N–H and O–H groups in total. The minimum atomic E-state index is -0.633. The van der Waals surface area contributed by atoms with E-state index in [0.29, 0.717) is 17.4 Å². The van der Waals surface area contributed by atoms with Crippen LogP contribution < -0.4 is 16.6 Å². The van der Waals surface area contributed by atoms with Crippen LogP contribution in [0.2, 0.25) is 0 Å². The molecule has 0 bridgehead atoms. The van der Waals surface area contributed by atoms with Gasteiger partial charge in [0.1, 0.15) is 0 Å². The normalized spacial score (nSPS) is 10.6. The topological polar surface area (TPSA) is 102 Å². The van der Waals surface area contributed by atoms with Gasteiger partial charge in [-0.3, -0.25) is 9.89 Å². The number of anilines is 1. The Bertz CT molecular complexity index is 644. The van der Waals surface area contributed by atoms with Gasteiger partial charge in [0, 0.05) is 12.2 Å². The van der Waals surface area contributed by atoms with Crippen LogP contribution in [0, 0.1) is 0 Å². The van der Waals surface area contributed by atoms with Crippen molar-refractivity contribution in [2.24, 2.45) is 5.73 Å². The first-order chi connectivity index (χ1) is 9.17. The molecule has 0 atom stereocenters. The Kier molecular flexibility index (Phi) is 3.86. The van der Waals surface area contributed by atoms with E-state index in [2.05, 4.69) is 15.2 Å². The number of carbonyl (C=O) groups excluding carboxylic acids is 1. The number of rotatable bonds is 4. The van der Waals surface area contributed by atoms with E-state index in [1.165, 1.54) is 7.11 Å². The van der Waals surface area contributed by atoms with Gasteiger partial charge in [-0.15, -0.1) is 0 Å². The first-order valence-electron chi connectivity index (χ1n) is 5.94. The summed E-state index contributed by atoms with van der Waals surface area (Å²) in [6.07, 6.45) is 0.209. The minimum Gasteiger partial charge on any atom is -0.451 e. The Morgan fingerprint density at radius 1 is 1.53 bits per heavy atom. The number of ether oxygens (including phenoxy) is 1. The summed E-state index contributed by atoms with van der Waals surface area (Å²) in [7, 11) is 1.26. The molecule has 0 radical (unpaired) electrons. The Balaban J connectivity index is 2.39. The number of nitrogens with zero attached hydrogens (tertiary/aromatic N) is 1. The molecule has 7 nitrogen and oxygen atoms in total. The van der Waals surface area contributed by atoms with Gasteiger partial charge in [0.25, 0.3) is 5.56 Å². The monoisotopic (exact) mass is 264 g/mol. The Morgan fingerprint density at radius 3 is 3.00 bits per heavy atom. The van der Waals surface area contributed by atoms with Gasteiger partial charge in [-0.1, -0.05) is 0 Å². The van der Waals surface area contributed by atoms with Crippen LogP contribution >= 0.6 is 0 Å². The number of fused-ring (bicyclic) bond motifs is 1. The lowest BCUT2D eigenvalue weighted by Gasteiger charge is -2.06. The summed E-state index contributed by atoms with van der Waals surface area (Å²) in [6, 6.07) is 5.18. The van der Waals surface area contributed by atoms with Gasteiger partial charge in [0.2, 0.25) is 0 Å². The van der Waals surface area contributed by atoms with Gasteiger partial charge in [-0.25, -0.2) is 4.79 Å². The van der Waals surface area contributed by atoms with E-state index in [1.54, 1.807) is 18.2 Å². The van der Waals surface area contributed by atoms with Crippen LogP contribution in [-0.2, 0) is 4.74 Å². The van der Waals surface area contributed by atoms with Crippen LogP contribution in [0.3, 0.4) is 0 Å². The lowest BCUT2D eigenvalue weighted by atomic mass is 10.2. The van der Waals surface area contributed by atoms with Crippen molar-refractivity contribution in [2.75, 3.05) is 25.5 Å². The molecule has 0 saturated carbocycles. The molecular formula is C12H16N4O3. The van der Waals surface area contributed by atoms with Crippen molar-refractivity contribution in [3.63, 3.8) is 0 Å². The summed E-state index contributed by atoms with van der Waals surface area (Å²) in [5.41, 5.74) is 6.39. The van der Waals surface area contributed by atoms with Crippen LogP contribution in [0.4, 0.5) is 10.5 Å². The van der Waals surface area contributed by atoms with E-state index in [-0.39, 0.29) is 5.56 Å². The smallest absolute Gasteiger partial charge is 0.433 e. The molecule has 2 aromatic rings. The second kappa shape index (κ2) is 5.57. The van der Waals surface area contributed by atoms with E-state index in [4.69, 9.17) is 5.73 Å². The average molecular weight is 264 g/mol. The Morgan fingerprint density at radius 2 is 2.32 bits per heavy atom. The van der Waals surface area contributed by atoms with Crippen LogP contribution in [-0.4, -0.2) is 36.1 Å². The van der Waals surface area contributed by atoms with Gasteiger partial charge in [-0.2, -0.15) is 4.68 Å². The van der Waals surface area contributed by atoms with Crippen LogP contribution in [0.25, 0.3) is 10.9 Å². The number of H-pyrrole nitrogens is 1. The summed E-state index contributed by atoms with van der Waals surface area (Å²) in [5, 5.41) is 6.05. The molecule has 0 fully saturated rings. The number of benzene rings is 1. The fourth-order valence-electron chi connectivity index (χ4n) is 1.81. The van der Waals surface area contributed by atoms with Crippen molar-refractivity contribution in [3.05, 3.63) is 28.6 Å². The molecular weight excluding hydrogens is 248 g/mol. The molecule has 2 rings (SSSR count). The Hall–Kier alpha value is -2.28. The van der Waals surface area contributed by atoms with Crippen LogP contribution in [0.5, 0.6) is 0 Å². The highest BCUT2D eigenvalue weighted by Gasteiger charge is 2.13. The minimum absolute atomic E-state index is 0.325. The second-order valence-electron chi connectivity index (χ2n) is 4.05. The molecule has 0 spiro atoms. The fraction of sp³-hybridized carbons (Fsp3) is 0.333. The molecule has 102 valence electrons. The number of hydrogen-bond donors (Lipinski definition) is 3. The van der Waals surface area contributed by atoms with Crippen molar-refractivity contribution < 1.29 is 9.53 Å². The standard InChI is InChI=1S/C12H16N4O3/c1-19-12(18)16-10-7-8(14-6-2-5-13)3-4-9(10)11(17)15-16/h3-4,7,14H,2,5-6,13H2,1H3,(H,15,17). The molecule has 0 saturated heterocycles. The van der Waals surface area contributed by atoms with Gasteiger partial charge in [-0.05, 0) is 31.2 Å². The van der Waals surface area contributed by atoms with Crippen LogP contribution in [0.15, 0.2) is 23.0 Å². The maximum Gasteiger partial charge on any atom is 0.433 e. The predicted octanol–water partition coefficient (Wildman–Crippen LogP) is 0.705. The van der Waals surface area contributed by atoms with Crippen molar-refractivity contribution in [1.82, 2.24) is 9.78 Å². The second-order valence-corrected chi connectivity index (χ2v) is 4.05. The number of aromatic nitrogens is 2. The third kappa shape index (κ3) is 2.60. The van der Waals surface area contributed by atoms with E-state index in [0.717, 1.165) is 23.3 Å². The zero-order chi connectivity index (χ0) is 13.8. The summed E-state index contributed by atoms with van der Waals surface area (Å²) in [4.78, 5) is 23.2. The highest BCUT2D eigenvalue weighted by atomic mass is 16.5. The third-order valence-corrected chi connectivity index (χ3v) is 2.76. The number of nitrogens with two attached hydrogens (primary N) is 1. The zero-order valence-electron chi connectivity index (χ0n) is 10.6. The molecule has 0 aliphatic rings. The van der Waals surface area contributed by atoms with E-state index in [9.17, 15) is 9.59 Å². The molecule has 0 aliphatic heterocycles. The molecule has 0 aliphatic carbocycles. The third-order valence-electron chi connectivity index (χ3n) is 2.76. The molecule has 19 heavy (non-hydrogen) atoms. The van der Waals surface area contributed by atoms with Gasteiger partial charge < -0.3 is 15.8 Å². The first kappa shape index (κ1) is 13.2. The van der Waals surface area contributed by atoms with Crippen molar-refractivity contribution in [3.8, 4) is 0 Å². The zero-order valence-corrected chi connectivity index (χ0v) is 10.6. The molecule has 1 aromatic heterocycles. The molecule has 7 heteroatoms. The van der Waals surface area contributed by atoms with Gasteiger partial charge in [0.15, 0.2) is 0 Å². The van der Waals surface area contributed by atoms with E-state index < -0.39 is 6.09 Å². The maximum absolute atomic E-state index is 11.7. The number of aromatic amines is 1.